The molecule has 2 saturated heterocycles. The Labute approximate surface area is 66.7 Å². The van der Waals surface area contributed by atoms with Crippen LogP contribution in [-0.2, 0) is 0 Å². The molecule has 2 aliphatic heterocycles. The van der Waals surface area contributed by atoms with Gasteiger partial charge in [0.25, 0.3) is 0 Å². The molecule has 11 heavy (non-hydrogen) atoms. The summed E-state index contributed by atoms with van der Waals surface area (Å²) in [5.41, 5.74) is 1.03. The normalized spacial score (nSPS) is 40.9. The van der Waals surface area contributed by atoms with E-state index in [0.29, 0.717) is 5.92 Å². The second-order valence-corrected chi connectivity index (χ2v) is 3.48. The van der Waals surface area contributed by atoms with Crippen molar-refractivity contribution in [2.45, 2.75) is 19.3 Å². The van der Waals surface area contributed by atoms with Crippen LogP contribution in [0.2, 0.25) is 0 Å². The maximum atomic E-state index is 8.67. The van der Waals surface area contributed by atoms with Gasteiger partial charge in [0, 0.05) is 25.4 Å². The van der Waals surface area contributed by atoms with Crippen LogP contribution < -0.4 is 0 Å². The Morgan fingerprint density at radius 2 is 2.36 bits per heavy atom. The number of fused-ring (bicyclic) bond motifs is 2. The number of oxime groups is 1. The highest BCUT2D eigenvalue weighted by Crippen LogP contribution is 2.23. The largest absolute Gasteiger partial charge is 0.411 e. The van der Waals surface area contributed by atoms with E-state index in [1.807, 2.05) is 0 Å². The molecule has 2 bridgehead atoms. The summed E-state index contributed by atoms with van der Waals surface area (Å²) in [6.07, 6.45) is 3.46. The van der Waals surface area contributed by atoms with Crippen molar-refractivity contribution < 1.29 is 5.21 Å². The summed E-state index contributed by atoms with van der Waals surface area (Å²) in [6.45, 7) is 3.46. The predicted molar refractivity (Wildman–Crippen MR) is 43.0 cm³/mol. The summed E-state index contributed by atoms with van der Waals surface area (Å²) in [5.74, 6) is 0.558. The third kappa shape index (κ3) is 1.25. The van der Waals surface area contributed by atoms with E-state index in [1.54, 1.807) is 0 Å². The van der Waals surface area contributed by atoms with E-state index >= 15 is 0 Å². The first-order valence-electron chi connectivity index (χ1n) is 4.33. The minimum Gasteiger partial charge on any atom is -0.411 e. The maximum Gasteiger partial charge on any atom is 0.0627 e. The van der Waals surface area contributed by atoms with Crippen LogP contribution in [0.25, 0.3) is 0 Å². The van der Waals surface area contributed by atoms with Gasteiger partial charge in [0.1, 0.15) is 0 Å². The standard InChI is InChI=1S/C8H14N2O/c11-9-8-3-5-10-4-1-2-7(8)6-10/h7,11H,1-6H2. The zero-order valence-electron chi connectivity index (χ0n) is 6.66. The number of hydrogen-bond donors (Lipinski definition) is 1. The lowest BCUT2D eigenvalue weighted by molar-refractivity contribution is 0.183. The van der Waals surface area contributed by atoms with Crippen molar-refractivity contribution in [2.75, 3.05) is 19.6 Å². The molecule has 2 unspecified atom stereocenters. The van der Waals surface area contributed by atoms with E-state index < -0.39 is 0 Å². The molecule has 0 aromatic carbocycles. The monoisotopic (exact) mass is 154 g/mol. The molecular formula is C8H14N2O. The predicted octanol–water partition coefficient (Wildman–Crippen LogP) is 0.932. The molecule has 3 nitrogen and oxygen atoms in total. The SMILES string of the molecule is ON=C1CCN2CCCC1C2. The Morgan fingerprint density at radius 1 is 1.45 bits per heavy atom. The third-order valence-corrected chi connectivity index (χ3v) is 2.79. The van der Waals surface area contributed by atoms with Crippen molar-refractivity contribution in [3.8, 4) is 0 Å². The fourth-order valence-corrected chi connectivity index (χ4v) is 2.14. The molecule has 3 heteroatoms. The molecule has 0 aromatic heterocycles. The molecule has 0 spiro atoms. The molecule has 2 rings (SSSR count). The summed E-state index contributed by atoms with van der Waals surface area (Å²) in [5, 5.41) is 12.0. The Kier molecular flexibility index (Phi) is 1.82. The van der Waals surface area contributed by atoms with Gasteiger partial charge >= 0.3 is 0 Å². The first-order chi connectivity index (χ1) is 5.40. The Morgan fingerprint density at radius 3 is 3.18 bits per heavy atom. The van der Waals surface area contributed by atoms with Gasteiger partial charge in [-0.1, -0.05) is 5.16 Å². The van der Waals surface area contributed by atoms with Gasteiger partial charge in [-0.25, -0.2) is 0 Å². The highest BCUT2D eigenvalue weighted by Gasteiger charge is 2.28. The first-order valence-corrected chi connectivity index (χ1v) is 4.33. The topological polar surface area (TPSA) is 35.8 Å². The number of piperidine rings is 2. The average Bonchev–Trinajstić information content (AvgIpc) is 2.06. The molecule has 0 aromatic rings. The molecular weight excluding hydrogens is 140 g/mol. The van der Waals surface area contributed by atoms with Gasteiger partial charge in [-0.2, -0.15) is 0 Å². The molecule has 0 amide bonds. The van der Waals surface area contributed by atoms with E-state index in [4.69, 9.17) is 5.21 Å². The molecule has 1 N–H and O–H groups in total. The van der Waals surface area contributed by atoms with Crippen molar-refractivity contribution in [3.05, 3.63) is 0 Å². The van der Waals surface area contributed by atoms with Crippen molar-refractivity contribution in [2.24, 2.45) is 11.1 Å². The van der Waals surface area contributed by atoms with Crippen LogP contribution in [0.4, 0.5) is 0 Å². The molecule has 2 aliphatic rings. The molecule has 0 radical (unpaired) electrons. The van der Waals surface area contributed by atoms with Crippen molar-refractivity contribution >= 4 is 5.71 Å². The van der Waals surface area contributed by atoms with Crippen LogP contribution >= 0.6 is 0 Å². The summed E-state index contributed by atoms with van der Waals surface area (Å²) in [6, 6.07) is 0. The molecule has 2 heterocycles. The number of nitrogens with zero attached hydrogens (tertiary/aromatic N) is 2. The van der Waals surface area contributed by atoms with E-state index in [9.17, 15) is 0 Å². The second kappa shape index (κ2) is 2.81. The zero-order valence-corrected chi connectivity index (χ0v) is 6.66. The van der Waals surface area contributed by atoms with Crippen molar-refractivity contribution in [3.63, 3.8) is 0 Å². The minimum absolute atomic E-state index is 0.558. The summed E-state index contributed by atoms with van der Waals surface area (Å²) < 4.78 is 0. The van der Waals surface area contributed by atoms with E-state index in [2.05, 4.69) is 10.1 Å². The minimum atomic E-state index is 0.558. The van der Waals surface area contributed by atoms with Gasteiger partial charge in [-0.15, -0.1) is 0 Å². The molecule has 62 valence electrons. The lowest BCUT2D eigenvalue weighted by atomic mass is 9.88. The number of rotatable bonds is 0. The molecule has 0 saturated carbocycles. The van der Waals surface area contributed by atoms with Crippen LogP contribution in [-0.4, -0.2) is 35.5 Å². The van der Waals surface area contributed by atoms with Crippen LogP contribution in [0.1, 0.15) is 19.3 Å². The molecule has 0 aliphatic carbocycles. The van der Waals surface area contributed by atoms with Crippen molar-refractivity contribution in [1.82, 2.24) is 4.90 Å². The highest BCUT2D eigenvalue weighted by molar-refractivity contribution is 5.87. The van der Waals surface area contributed by atoms with E-state index in [-0.39, 0.29) is 0 Å². The first kappa shape index (κ1) is 7.10. The fraction of sp³-hybridized carbons (Fsp3) is 0.875. The lowest BCUT2D eigenvalue weighted by Gasteiger charge is -2.37. The van der Waals surface area contributed by atoms with Gasteiger partial charge in [-0.05, 0) is 19.4 Å². The highest BCUT2D eigenvalue weighted by atomic mass is 16.4. The lowest BCUT2D eigenvalue weighted by Crippen LogP contribution is -2.44. The fourth-order valence-electron chi connectivity index (χ4n) is 2.14. The van der Waals surface area contributed by atoms with Gasteiger partial charge in [0.2, 0.25) is 0 Å². The van der Waals surface area contributed by atoms with Crippen LogP contribution in [0.5, 0.6) is 0 Å². The van der Waals surface area contributed by atoms with Crippen LogP contribution in [0.15, 0.2) is 5.16 Å². The average molecular weight is 154 g/mol. The second-order valence-electron chi connectivity index (χ2n) is 3.48. The molecule has 2 atom stereocenters. The van der Waals surface area contributed by atoms with E-state index in [1.165, 1.54) is 19.4 Å². The smallest absolute Gasteiger partial charge is 0.0627 e. The summed E-state index contributed by atoms with van der Waals surface area (Å²) in [4.78, 5) is 2.46. The van der Waals surface area contributed by atoms with Gasteiger partial charge in [-0.3, -0.25) is 0 Å². The third-order valence-electron chi connectivity index (χ3n) is 2.79. The van der Waals surface area contributed by atoms with Crippen LogP contribution in [0.3, 0.4) is 0 Å². The van der Waals surface area contributed by atoms with Crippen molar-refractivity contribution in [1.29, 1.82) is 0 Å². The summed E-state index contributed by atoms with van der Waals surface area (Å²) in [7, 11) is 0. The summed E-state index contributed by atoms with van der Waals surface area (Å²) >= 11 is 0. The maximum absolute atomic E-state index is 8.67. The molecule has 2 fully saturated rings. The quantitative estimate of drug-likeness (QED) is 0.416. The van der Waals surface area contributed by atoms with Gasteiger partial charge in [0.05, 0.1) is 5.71 Å². The van der Waals surface area contributed by atoms with Gasteiger partial charge < -0.3 is 10.1 Å². The van der Waals surface area contributed by atoms with E-state index in [0.717, 1.165) is 25.2 Å². The number of hydrogen-bond acceptors (Lipinski definition) is 3. The van der Waals surface area contributed by atoms with Crippen LogP contribution in [0, 0.1) is 5.92 Å². The zero-order chi connectivity index (χ0) is 7.68. The Balaban J connectivity index is 2.08. The Bertz CT molecular complexity index is 179. The van der Waals surface area contributed by atoms with Gasteiger partial charge in [0.15, 0.2) is 0 Å². The Hall–Kier alpha value is -0.570.